The quantitative estimate of drug-likeness (QED) is 0.106. The highest BCUT2D eigenvalue weighted by Crippen LogP contribution is 2.37. The van der Waals surface area contributed by atoms with E-state index in [1.807, 2.05) is 0 Å². The zero-order valence-electron chi connectivity index (χ0n) is 23.6. The summed E-state index contributed by atoms with van der Waals surface area (Å²) in [6.45, 7) is 14.8. The van der Waals surface area contributed by atoms with Crippen molar-refractivity contribution in [2.75, 3.05) is 0 Å². The first kappa shape index (κ1) is 30.4. The fraction of sp³-hybridized carbons (Fsp3) is 0.0588. The molecule has 6 aromatic carbocycles. The highest BCUT2D eigenvalue weighted by molar-refractivity contribution is 6.15. The lowest BCUT2D eigenvalue weighted by atomic mass is 10.0. The monoisotopic (exact) mass is 656 g/mol. The predicted octanol–water partition coefficient (Wildman–Crippen LogP) is 9.08. The van der Waals surface area contributed by atoms with Crippen molar-refractivity contribution in [1.29, 1.82) is 0 Å². The van der Waals surface area contributed by atoms with Gasteiger partial charge in [-0.2, -0.15) is 39.5 Å². The van der Waals surface area contributed by atoms with Crippen LogP contribution in [0.1, 0.15) is 11.1 Å². The fourth-order valence-electron chi connectivity index (χ4n) is 5.79. The molecule has 0 saturated carbocycles. The molecule has 0 aliphatic heterocycles. The zero-order chi connectivity index (χ0) is 34.1. The van der Waals surface area contributed by atoms with Crippen molar-refractivity contribution in [3.63, 3.8) is 0 Å². The van der Waals surface area contributed by atoms with Crippen LogP contribution in [0.2, 0.25) is 0 Å². The van der Waals surface area contributed by atoms with Crippen molar-refractivity contribution in [2.45, 2.75) is 12.4 Å². The smallest absolute Gasteiger partial charge is 0.241 e. The van der Waals surface area contributed by atoms with E-state index in [4.69, 9.17) is 23.1 Å². The molecule has 234 valence electrons. The molecule has 0 spiro atoms. The van der Waals surface area contributed by atoms with Crippen molar-refractivity contribution >= 4 is 43.6 Å². The first-order valence-corrected chi connectivity index (χ1v) is 13.6. The summed E-state index contributed by atoms with van der Waals surface area (Å²) >= 11 is 0. The Morgan fingerprint density at radius 2 is 0.875 bits per heavy atom. The van der Waals surface area contributed by atoms with Crippen molar-refractivity contribution in [2.24, 2.45) is 10.2 Å². The summed E-state index contributed by atoms with van der Waals surface area (Å²) in [6, 6.07) is 13.1. The van der Waals surface area contributed by atoms with Gasteiger partial charge in [-0.3, -0.25) is 0 Å². The molecule has 0 fully saturated rings. The molecule has 0 aliphatic carbocycles. The number of alkyl halides is 6. The summed E-state index contributed by atoms with van der Waals surface area (Å²) in [5.41, 5.74) is -1.35. The molecule has 0 amide bonds. The summed E-state index contributed by atoms with van der Waals surface area (Å²) in [5, 5.41) is 9.27. The van der Waals surface area contributed by atoms with Crippen LogP contribution in [0.15, 0.2) is 83.0 Å². The lowest BCUT2D eigenvalue weighted by Gasteiger charge is -2.10. The van der Waals surface area contributed by atoms with Gasteiger partial charge in [0.05, 0.1) is 32.4 Å². The van der Waals surface area contributed by atoms with Gasteiger partial charge in [0.2, 0.25) is 0 Å². The Kier molecular flexibility index (Phi) is 6.73. The topological polar surface area (TPSA) is 59.2 Å². The van der Waals surface area contributed by atoms with E-state index in [9.17, 15) is 35.1 Å². The summed E-state index contributed by atoms with van der Waals surface area (Å²) < 4.78 is 109. The van der Waals surface area contributed by atoms with E-state index in [1.54, 1.807) is 0 Å². The largest absolute Gasteiger partial charge is 0.416 e. The molecule has 6 nitrogen and oxygen atoms in total. The molecule has 7 rings (SSSR count). The zero-order valence-corrected chi connectivity index (χ0v) is 23.6. The lowest BCUT2D eigenvalue weighted by molar-refractivity contribution is -0.138. The van der Waals surface area contributed by atoms with Crippen LogP contribution < -0.4 is 10.7 Å². The van der Waals surface area contributed by atoms with Gasteiger partial charge < -0.3 is 0 Å². The number of halogens is 8. The molecule has 7 aromatic rings. The molecule has 0 unspecified atom stereocenters. The second kappa shape index (κ2) is 10.6. The molecule has 0 radical (unpaired) electrons. The van der Waals surface area contributed by atoms with Crippen LogP contribution in [0.5, 0.6) is 0 Å². The minimum Gasteiger partial charge on any atom is -0.241 e. The first-order chi connectivity index (χ1) is 22.8. The molecule has 1 heterocycles. The predicted molar refractivity (Wildman–Crippen MR) is 160 cm³/mol. The second-order valence-electron chi connectivity index (χ2n) is 10.7. The lowest BCUT2D eigenvalue weighted by Crippen LogP contribution is -2.05. The molecule has 48 heavy (non-hydrogen) atoms. The maximum Gasteiger partial charge on any atom is 0.416 e. The van der Waals surface area contributed by atoms with Crippen LogP contribution in [0.4, 0.5) is 35.1 Å². The minimum absolute atomic E-state index is 0.0489. The summed E-state index contributed by atoms with van der Waals surface area (Å²) in [5.74, 6) is -2.19. The molecule has 0 bridgehead atoms. The standard InChI is InChI=1S/C34H12F8N6/c1-43-47-29-25-11-15(17-7-19(33(37,38)39)13-21(35)9-17)3-5-23(25)27-31(29)45-28-24-6-4-16(12-26(24)30(48-44-2)32(28)46-27)18-8-20(34(40,41)42)14-22(36)10-18/h3-14H/b47-29-,48-30+. The van der Waals surface area contributed by atoms with Crippen molar-refractivity contribution < 1.29 is 35.1 Å². The molecular weight excluding hydrogens is 644 g/mol. The van der Waals surface area contributed by atoms with Gasteiger partial charge in [0.25, 0.3) is 0 Å². The Balaban J connectivity index is 1.49. The van der Waals surface area contributed by atoms with Gasteiger partial charge in [0.15, 0.2) is 10.7 Å². The fourth-order valence-corrected chi connectivity index (χ4v) is 5.79. The van der Waals surface area contributed by atoms with E-state index in [-0.39, 0.29) is 55.0 Å². The van der Waals surface area contributed by atoms with Gasteiger partial charge in [-0.25, -0.2) is 18.7 Å². The average Bonchev–Trinajstić information content (AvgIpc) is 3.49. The number of fused-ring (bicyclic) bond motifs is 6. The number of hydrogen-bond donors (Lipinski definition) is 0. The highest BCUT2D eigenvalue weighted by Gasteiger charge is 2.32. The number of aromatic nitrogens is 2. The molecule has 14 heteroatoms. The van der Waals surface area contributed by atoms with Gasteiger partial charge in [-0.1, -0.05) is 24.3 Å². The third kappa shape index (κ3) is 4.95. The summed E-state index contributed by atoms with van der Waals surface area (Å²) in [7, 11) is 0. The Hall–Kier alpha value is -6.28. The molecule has 0 atom stereocenters. The Morgan fingerprint density at radius 3 is 1.23 bits per heavy atom. The van der Waals surface area contributed by atoms with Gasteiger partial charge in [0.1, 0.15) is 22.7 Å². The Bertz CT molecular complexity index is 2520. The van der Waals surface area contributed by atoms with Crippen LogP contribution in [0.3, 0.4) is 0 Å². The van der Waals surface area contributed by atoms with Crippen LogP contribution in [-0.4, -0.2) is 9.97 Å². The molecule has 0 aliphatic rings. The van der Waals surface area contributed by atoms with Gasteiger partial charge in [0, 0.05) is 21.5 Å². The van der Waals surface area contributed by atoms with E-state index < -0.39 is 35.1 Å². The third-order valence-electron chi connectivity index (χ3n) is 7.82. The number of benzene rings is 4. The van der Waals surface area contributed by atoms with Crippen LogP contribution in [-0.2, 0) is 12.4 Å². The van der Waals surface area contributed by atoms with Crippen LogP contribution >= 0.6 is 0 Å². The van der Waals surface area contributed by atoms with E-state index in [0.29, 0.717) is 33.7 Å². The van der Waals surface area contributed by atoms with Gasteiger partial charge >= 0.3 is 12.4 Å². The summed E-state index contributed by atoms with van der Waals surface area (Å²) in [6.07, 6.45) is -9.58. The Morgan fingerprint density at radius 1 is 0.479 bits per heavy atom. The van der Waals surface area contributed by atoms with Gasteiger partial charge in [-0.05, 0) is 70.8 Å². The van der Waals surface area contributed by atoms with Crippen molar-refractivity contribution in [3.8, 4) is 22.3 Å². The van der Waals surface area contributed by atoms with E-state index in [1.165, 1.54) is 36.4 Å². The normalized spacial score (nSPS) is 13.2. The SMILES string of the molecule is [C-]#[N+]/N=c1/c2cc(-c3cc(F)cc(C(F)(F)F)c3)ccc2c2nc3/c(=N/[N+]#[C-])c4cc(-c5cc(F)cc(C(F)(F)F)c5)ccc4c3nc12. The van der Waals surface area contributed by atoms with Crippen molar-refractivity contribution in [3.05, 3.63) is 129 Å². The molecule has 1 aromatic heterocycles. The third-order valence-corrected chi connectivity index (χ3v) is 7.82. The Labute approximate surface area is 262 Å². The van der Waals surface area contributed by atoms with Crippen molar-refractivity contribution in [1.82, 2.24) is 9.97 Å². The molecule has 0 N–H and O–H groups in total. The number of rotatable bonds is 2. The molecule has 0 saturated heterocycles. The number of nitrogens with zero attached hydrogens (tertiary/aromatic N) is 6. The second-order valence-corrected chi connectivity index (χ2v) is 10.7. The van der Waals surface area contributed by atoms with E-state index in [0.717, 1.165) is 24.3 Å². The van der Waals surface area contributed by atoms with E-state index >= 15 is 0 Å². The van der Waals surface area contributed by atoms with Crippen LogP contribution in [0.25, 0.3) is 75.8 Å². The maximum atomic E-state index is 14.2. The summed E-state index contributed by atoms with van der Waals surface area (Å²) in [4.78, 5) is 15.7. The highest BCUT2D eigenvalue weighted by atomic mass is 19.4. The van der Waals surface area contributed by atoms with Crippen LogP contribution in [0, 0.1) is 24.8 Å². The van der Waals surface area contributed by atoms with E-state index in [2.05, 4.69) is 20.1 Å². The maximum absolute atomic E-state index is 14.2. The molecular formula is C34H12F8N6. The number of hydrogen-bond acceptors (Lipinski definition) is 4. The minimum atomic E-state index is -4.79. The average molecular weight is 656 g/mol. The van der Waals surface area contributed by atoms with Gasteiger partial charge in [-0.15, -0.1) is 9.91 Å². The first-order valence-electron chi connectivity index (χ1n) is 13.6.